The van der Waals surface area contributed by atoms with E-state index in [9.17, 15) is 4.79 Å². The molecule has 0 aliphatic rings. The van der Waals surface area contributed by atoms with E-state index in [0.29, 0.717) is 17.9 Å². The van der Waals surface area contributed by atoms with Gasteiger partial charge in [-0.2, -0.15) is 5.10 Å². The summed E-state index contributed by atoms with van der Waals surface area (Å²) in [6, 6.07) is 1.69. The second-order valence-electron chi connectivity index (χ2n) is 4.04. The molecule has 0 aliphatic heterocycles. The molecule has 0 saturated heterocycles. The first-order valence-electron chi connectivity index (χ1n) is 5.79. The Labute approximate surface area is 108 Å². The van der Waals surface area contributed by atoms with Crippen LogP contribution in [0.5, 0.6) is 0 Å². The molecule has 0 amide bonds. The van der Waals surface area contributed by atoms with Crippen LogP contribution in [0, 0.1) is 0 Å². The number of nitrogens with one attached hydrogen (secondary N) is 1. The van der Waals surface area contributed by atoms with Crippen LogP contribution >= 0.6 is 0 Å². The molecule has 19 heavy (non-hydrogen) atoms. The molecule has 0 fully saturated rings. The number of anilines is 1. The summed E-state index contributed by atoms with van der Waals surface area (Å²) in [5.74, 6) is 0.697. The van der Waals surface area contributed by atoms with Crippen molar-refractivity contribution in [1.82, 2.24) is 24.1 Å². The third-order valence-corrected chi connectivity index (χ3v) is 2.83. The van der Waals surface area contributed by atoms with Crippen LogP contribution in [0.1, 0.15) is 5.69 Å². The minimum atomic E-state index is -0.0977. The molecular formula is C12H12N6O. The fourth-order valence-corrected chi connectivity index (χ4v) is 1.83. The zero-order valence-corrected chi connectivity index (χ0v) is 10.3. The summed E-state index contributed by atoms with van der Waals surface area (Å²) in [7, 11) is 1.78. The van der Waals surface area contributed by atoms with E-state index in [1.807, 2.05) is 0 Å². The molecule has 0 unspecified atom stereocenters. The van der Waals surface area contributed by atoms with Crippen molar-refractivity contribution in [1.29, 1.82) is 0 Å². The standard InChI is InChI=1S/C12H12N6O/c1-13-11-7-14-9(6-15-11)8-17-4-5-18-10(12(17)19)2-3-16-18/h2-7H,8H2,1H3,(H,13,15). The van der Waals surface area contributed by atoms with Gasteiger partial charge in [0.1, 0.15) is 11.3 Å². The maximum absolute atomic E-state index is 12.2. The van der Waals surface area contributed by atoms with Crippen molar-refractivity contribution in [2.45, 2.75) is 6.54 Å². The number of hydrogen-bond donors (Lipinski definition) is 1. The first-order valence-corrected chi connectivity index (χ1v) is 5.79. The van der Waals surface area contributed by atoms with Crippen molar-refractivity contribution in [3.8, 4) is 0 Å². The lowest BCUT2D eigenvalue weighted by Gasteiger charge is -2.06. The lowest BCUT2D eigenvalue weighted by atomic mass is 10.4. The van der Waals surface area contributed by atoms with Gasteiger partial charge in [0.15, 0.2) is 0 Å². The molecule has 0 saturated carbocycles. The molecule has 0 bridgehead atoms. The quantitative estimate of drug-likeness (QED) is 0.733. The van der Waals surface area contributed by atoms with Crippen molar-refractivity contribution in [2.75, 3.05) is 12.4 Å². The number of nitrogens with zero attached hydrogens (tertiary/aromatic N) is 5. The van der Waals surface area contributed by atoms with Crippen molar-refractivity contribution < 1.29 is 0 Å². The Morgan fingerprint density at radius 1 is 1.26 bits per heavy atom. The highest BCUT2D eigenvalue weighted by molar-refractivity contribution is 5.42. The van der Waals surface area contributed by atoms with Gasteiger partial charge in [0.05, 0.1) is 30.8 Å². The minimum absolute atomic E-state index is 0.0977. The maximum atomic E-state index is 12.2. The summed E-state index contributed by atoms with van der Waals surface area (Å²) >= 11 is 0. The van der Waals surface area contributed by atoms with E-state index < -0.39 is 0 Å². The molecule has 3 aromatic rings. The number of hydrogen-bond acceptors (Lipinski definition) is 5. The molecular weight excluding hydrogens is 244 g/mol. The van der Waals surface area contributed by atoms with Crippen molar-refractivity contribution in [2.24, 2.45) is 0 Å². The largest absolute Gasteiger partial charge is 0.372 e. The predicted molar refractivity (Wildman–Crippen MR) is 70.1 cm³/mol. The lowest BCUT2D eigenvalue weighted by molar-refractivity contribution is 0.722. The van der Waals surface area contributed by atoms with Gasteiger partial charge in [0.25, 0.3) is 5.56 Å². The van der Waals surface area contributed by atoms with Crippen LogP contribution in [0.4, 0.5) is 5.82 Å². The summed E-state index contributed by atoms with van der Waals surface area (Å²) in [6.45, 7) is 0.386. The molecule has 7 nitrogen and oxygen atoms in total. The monoisotopic (exact) mass is 256 g/mol. The Morgan fingerprint density at radius 3 is 2.89 bits per heavy atom. The minimum Gasteiger partial charge on any atom is -0.372 e. The normalized spacial score (nSPS) is 10.8. The van der Waals surface area contributed by atoms with E-state index in [-0.39, 0.29) is 5.56 Å². The van der Waals surface area contributed by atoms with Gasteiger partial charge in [-0.1, -0.05) is 0 Å². The molecule has 96 valence electrons. The summed E-state index contributed by atoms with van der Waals surface area (Å²) in [4.78, 5) is 20.6. The van der Waals surface area contributed by atoms with Gasteiger partial charge < -0.3 is 9.88 Å². The van der Waals surface area contributed by atoms with Crippen LogP contribution < -0.4 is 10.9 Å². The zero-order valence-electron chi connectivity index (χ0n) is 10.3. The highest BCUT2D eigenvalue weighted by Crippen LogP contribution is 2.02. The molecule has 0 aliphatic carbocycles. The third-order valence-electron chi connectivity index (χ3n) is 2.83. The van der Waals surface area contributed by atoms with E-state index in [1.165, 1.54) is 0 Å². The molecule has 0 atom stereocenters. The molecule has 0 spiro atoms. The molecule has 3 aromatic heterocycles. The smallest absolute Gasteiger partial charge is 0.276 e. The van der Waals surface area contributed by atoms with Crippen LogP contribution in [0.25, 0.3) is 5.52 Å². The van der Waals surface area contributed by atoms with Crippen molar-refractivity contribution in [3.63, 3.8) is 0 Å². The van der Waals surface area contributed by atoms with Crippen molar-refractivity contribution in [3.05, 3.63) is 53.1 Å². The van der Waals surface area contributed by atoms with Crippen LogP contribution in [0.3, 0.4) is 0 Å². The van der Waals surface area contributed by atoms with Gasteiger partial charge in [-0.15, -0.1) is 0 Å². The van der Waals surface area contributed by atoms with E-state index in [2.05, 4.69) is 20.4 Å². The van der Waals surface area contributed by atoms with Crippen molar-refractivity contribution >= 4 is 11.3 Å². The number of rotatable bonds is 3. The number of fused-ring (bicyclic) bond motifs is 1. The summed E-state index contributed by atoms with van der Waals surface area (Å²) < 4.78 is 3.13. The average Bonchev–Trinajstić information content (AvgIpc) is 2.92. The summed E-state index contributed by atoms with van der Waals surface area (Å²) in [5.41, 5.74) is 1.17. The fraction of sp³-hybridized carbons (Fsp3) is 0.167. The fourth-order valence-electron chi connectivity index (χ4n) is 1.83. The van der Waals surface area contributed by atoms with Crippen LogP contribution in [0.2, 0.25) is 0 Å². The first kappa shape index (κ1) is 11.4. The Hall–Kier alpha value is -2.70. The molecule has 3 heterocycles. The Morgan fingerprint density at radius 2 is 2.16 bits per heavy atom. The van der Waals surface area contributed by atoms with Crippen LogP contribution in [-0.2, 0) is 6.54 Å². The summed E-state index contributed by atoms with van der Waals surface area (Å²) in [6.07, 6.45) is 8.32. The van der Waals surface area contributed by atoms with E-state index in [0.717, 1.165) is 5.69 Å². The van der Waals surface area contributed by atoms with Gasteiger partial charge >= 0.3 is 0 Å². The third kappa shape index (κ3) is 2.05. The topological polar surface area (TPSA) is 77.1 Å². The SMILES string of the molecule is CNc1cnc(Cn2ccn3nccc3c2=O)cn1. The lowest BCUT2D eigenvalue weighted by Crippen LogP contribution is -2.22. The molecule has 0 radical (unpaired) electrons. The second kappa shape index (κ2) is 4.52. The van der Waals surface area contributed by atoms with Crippen LogP contribution in [-0.4, -0.2) is 31.2 Å². The Kier molecular flexibility index (Phi) is 2.71. The predicted octanol–water partition coefficient (Wildman–Crippen LogP) is 0.376. The van der Waals surface area contributed by atoms with Gasteiger partial charge in [-0.3, -0.25) is 9.78 Å². The Bertz CT molecular complexity index is 758. The Balaban J connectivity index is 1.95. The highest BCUT2D eigenvalue weighted by atomic mass is 16.1. The zero-order chi connectivity index (χ0) is 13.2. The molecule has 7 heteroatoms. The van der Waals surface area contributed by atoms with Gasteiger partial charge in [-0.25, -0.2) is 9.50 Å². The van der Waals surface area contributed by atoms with E-state index in [4.69, 9.17) is 0 Å². The first-order chi connectivity index (χ1) is 9.28. The maximum Gasteiger partial charge on any atom is 0.276 e. The van der Waals surface area contributed by atoms with Gasteiger partial charge in [0, 0.05) is 19.4 Å². The summed E-state index contributed by atoms with van der Waals surface area (Å²) in [5, 5.41) is 6.91. The van der Waals surface area contributed by atoms with Gasteiger partial charge in [-0.05, 0) is 6.07 Å². The average molecular weight is 256 g/mol. The van der Waals surface area contributed by atoms with E-state index in [1.54, 1.807) is 53.2 Å². The van der Waals surface area contributed by atoms with E-state index >= 15 is 0 Å². The molecule has 0 aromatic carbocycles. The molecule has 3 rings (SSSR count). The van der Waals surface area contributed by atoms with Gasteiger partial charge in [0.2, 0.25) is 0 Å². The second-order valence-corrected chi connectivity index (χ2v) is 4.04. The van der Waals surface area contributed by atoms with Crippen LogP contribution in [0.15, 0.2) is 41.8 Å². The highest BCUT2D eigenvalue weighted by Gasteiger charge is 2.04. The molecule has 1 N–H and O–H groups in total. The number of aromatic nitrogens is 5.